The summed E-state index contributed by atoms with van der Waals surface area (Å²) in [6, 6.07) is 1.50. The molecule has 4 N–H and O–H groups in total. The van der Waals surface area contributed by atoms with Crippen molar-refractivity contribution in [2.24, 2.45) is 5.92 Å². The van der Waals surface area contributed by atoms with E-state index in [0.29, 0.717) is 6.42 Å². The van der Waals surface area contributed by atoms with Crippen LogP contribution in [-0.2, 0) is 4.74 Å². The first kappa shape index (κ1) is 13.0. The third-order valence-electron chi connectivity index (χ3n) is 3.28. The minimum atomic E-state index is -0.797. The van der Waals surface area contributed by atoms with Gasteiger partial charge >= 0.3 is 5.69 Å². The molecule has 0 saturated carbocycles. The lowest BCUT2D eigenvalue weighted by molar-refractivity contribution is -0.0481. The van der Waals surface area contributed by atoms with Gasteiger partial charge in [0.25, 0.3) is 0 Å². The second-order valence-electron chi connectivity index (χ2n) is 4.35. The summed E-state index contributed by atoms with van der Waals surface area (Å²) in [5.41, 5.74) is 4.90. The van der Waals surface area contributed by atoms with Gasteiger partial charge in [0.15, 0.2) is 0 Å². The van der Waals surface area contributed by atoms with Crippen molar-refractivity contribution < 1.29 is 14.9 Å². The van der Waals surface area contributed by atoms with Gasteiger partial charge in [-0.25, -0.2) is 4.79 Å². The van der Waals surface area contributed by atoms with E-state index in [4.69, 9.17) is 15.6 Å². The van der Waals surface area contributed by atoms with Crippen molar-refractivity contribution in [3.05, 3.63) is 22.7 Å². The molecule has 18 heavy (non-hydrogen) atoms. The van der Waals surface area contributed by atoms with E-state index in [-0.39, 0.29) is 18.3 Å². The first-order valence-corrected chi connectivity index (χ1v) is 5.87. The predicted molar refractivity (Wildman–Crippen MR) is 63.7 cm³/mol. The SMILES string of the molecule is CC[C@H]1[C@H](O)[C@@H](CO)O[C@H]1n1ccc(N)nc1=O. The van der Waals surface area contributed by atoms with Gasteiger partial charge < -0.3 is 20.7 Å². The minimum absolute atomic E-state index is 0.140. The summed E-state index contributed by atoms with van der Waals surface area (Å²) in [6.45, 7) is 1.60. The highest BCUT2D eigenvalue weighted by Gasteiger charge is 2.43. The minimum Gasteiger partial charge on any atom is -0.394 e. The van der Waals surface area contributed by atoms with Crippen LogP contribution in [0.4, 0.5) is 5.82 Å². The van der Waals surface area contributed by atoms with Gasteiger partial charge in [0.05, 0.1) is 12.7 Å². The number of nitrogens with two attached hydrogens (primary N) is 1. The zero-order valence-electron chi connectivity index (χ0n) is 10.1. The second-order valence-corrected chi connectivity index (χ2v) is 4.35. The van der Waals surface area contributed by atoms with Crippen LogP contribution in [0, 0.1) is 5.92 Å². The van der Waals surface area contributed by atoms with E-state index in [9.17, 15) is 9.90 Å². The van der Waals surface area contributed by atoms with Gasteiger partial charge in [-0.15, -0.1) is 0 Å². The van der Waals surface area contributed by atoms with E-state index < -0.39 is 24.1 Å². The summed E-state index contributed by atoms with van der Waals surface area (Å²) in [5.74, 6) is -0.119. The molecule has 7 nitrogen and oxygen atoms in total. The number of nitrogens with zero attached hydrogens (tertiary/aromatic N) is 2. The van der Waals surface area contributed by atoms with E-state index in [1.165, 1.54) is 16.8 Å². The summed E-state index contributed by atoms with van der Waals surface area (Å²) in [4.78, 5) is 15.4. The molecular weight excluding hydrogens is 238 g/mol. The maximum atomic E-state index is 11.7. The third-order valence-corrected chi connectivity index (χ3v) is 3.28. The zero-order chi connectivity index (χ0) is 13.3. The molecule has 0 bridgehead atoms. The van der Waals surface area contributed by atoms with E-state index in [1.807, 2.05) is 6.92 Å². The van der Waals surface area contributed by atoms with Crippen molar-refractivity contribution in [3.63, 3.8) is 0 Å². The second kappa shape index (κ2) is 5.05. The Hall–Kier alpha value is -1.44. The molecule has 1 fully saturated rings. The number of rotatable bonds is 3. The summed E-state index contributed by atoms with van der Waals surface area (Å²) < 4.78 is 6.81. The third kappa shape index (κ3) is 2.12. The van der Waals surface area contributed by atoms with Crippen LogP contribution in [-0.4, -0.2) is 38.6 Å². The highest BCUT2D eigenvalue weighted by Crippen LogP contribution is 2.35. The molecule has 2 rings (SSSR count). The molecule has 4 atom stereocenters. The molecule has 1 aliphatic rings. The predicted octanol–water partition coefficient (Wildman–Crippen LogP) is -0.898. The Bertz CT molecular complexity index is 476. The monoisotopic (exact) mass is 255 g/mol. The Morgan fingerprint density at radius 2 is 2.33 bits per heavy atom. The summed E-state index contributed by atoms with van der Waals surface area (Å²) >= 11 is 0. The number of anilines is 1. The maximum absolute atomic E-state index is 11.7. The van der Waals surface area contributed by atoms with Gasteiger partial charge in [0.1, 0.15) is 18.1 Å². The molecule has 2 heterocycles. The molecule has 0 aromatic carbocycles. The van der Waals surface area contributed by atoms with Gasteiger partial charge in [-0.05, 0) is 12.5 Å². The van der Waals surface area contributed by atoms with Crippen LogP contribution in [0.25, 0.3) is 0 Å². The van der Waals surface area contributed by atoms with Crippen molar-refractivity contribution in [1.82, 2.24) is 9.55 Å². The van der Waals surface area contributed by atoms with Gasteiger partial charge in [-0.1, -0.05) is 6.92 Å². The Morgan fingerprint density at radius 1 is 1.61 bits per heavy atom. The number of ether oxygens (including phenoxy) is 1. The first-order valence-electron chi connectivity index (χ1n) is 5.87. The first-order chi connectivity index (χ1) is 8.58. The molecule has 1 saturated heterocycles. The van der Waals surface area contributed by atoms with Crippen LogP contribution >= 0.6 is 0 Å². The van der Waals surface area contributed by atoms with Crippen LogP contribution in [0.2, 0.25) is 0 Å². The van der Waals surface area contributed by atoms with Gasteiger partial charge in [0, 0.05) is 12.1 Å². The maximum Gasteiger partial charge on any atom is 0.351 e. The van der Waals surface area contributed by atoms with E-state index >= 15 is 0 Å². The van der Waals surface area contributed by atoms with Crippen LogP contribution in [0.15, 0.2) is 17.1 Å². The van der Waals surface area contributed by atoms with Gasteiger partial charge in [-0.2, -0.15) is 4.98 Å². The molecule has 7 heteroatoms. The van der Waals surface area contributed by atoms with Crippen LogP contribution in [0.1, 0.15) is 19.6 Å². The largest absolute Gasteiger partial charge is 0.394 e. The molecule has 1 aliphatic heterocycles. The number of hydrogen-bond acceptors (Lipinski definition) is 6. The standard InChI is InChI=1S/C11H17N3O4/c1-2-6-9(16)7(5-15)18-10(6)14-4-3-8(12)13-11(14)17/h3-4,6-7,9-10,15-16H,2,5H2,1H3,(H2,12,13,17)/t6-,7+,9-,10+/m0/s1. The van der Waals surface area contributed by atoms with Crippen molar-refractivity contribution in [3.8, 4) is 0 Å². The number of hydrogen-bond donors (Lipinski definition) is 3. The highest BCUT2D eigenvalue weighted by atomic mass is 16.5. The topological polar surface area (TPSA) is 111 Å². The number of aromatic nitrogens is 2. The molecule has 0 aliphatic carbocycles. The van der Waals surface area contributed by atoms with E-state index in [1.54, 1.807) is 0 Å². The van der Waals surface area contributed by atoms with Crippen LogP contribution < -0.4 is 11.4 Å². The summed E-state index contributed by atoms with van der Waals surface area (Å²) in [5, 5.41) is 19.1. The van der Waals surface area contributed by atoms with Crippen molar-refractivity contribution in [2.45, 2.75) is 31.8 Å². The molecule has 0 amide bonds. The lowest BCUT2D eigenvalue weighted by Gasteiger charge is -2.20. The fourth-order valence-electron chi connectivity index (χ4n) is 2.29. The fraction of sp³-hybridized carbons (Fsp3) is 0.636. The molecule has 0 spiro atoms. The Balaban J connectivity index is 2.35. The van der Waals surface area contributed by atoms with Crippen LogP contribution in [0.5, 0.6) is 0 Å². The van der Waals surface area contributed by atoms with E-state index in [0.717, 1.165) is 0 Å². The Morgan fingerprint density at radius 3 is 2.89 bits per heavy atom. The van der Waals surface area contributed by atoms with E-state index in [2.05, 4.69) is 4.98 Å². The summed E-state index contributed by atoms with van der Waals surface area (Å²) in [7, 11) is 0. The Labute approximate surface area is 104 Å². The normalized spacial score (nSPS) is 31.7. The summed E-state index contributed by atoms with van der Waals surface area (Å²) in [6.07, 6.45) is 0.0190. The van der Waals surface area contributed by atoms with Gasteiger partial charge in [0.2, 0.25) is 0 Å². The zero-order valence-corrected chi connectivity index (χ0v) is 10.1. The smallest absolute Gasteiger partial charge is 0.351 e. The Kier molecular flexibility index (Phi) is 3.65. The van der Waals surface area contributed by atoms with Crippen molar-refractivity contribution >= 4 is 5.82 Å². The highest BCUT2D eigenvalue weighted by molar-refractivity contribution is 5.23. The molecule has 0 unspecified atom stereocenters. The fourth-order valence-corrected chi connectivity index (χ4v) is 2.29. The molecule has 100 valence electrons. The average molecular weight is 255 g/mol. The molecule has 1 aromatic rings. The quantitative estimate of drug-likeness (QED) is 0.645. The van der Waals surface area contributed by atoms with Gasteiger partial charge in [-0.3, -0.25) is 4.57 Å². The number of aliphatic hydroxyl groups excluding tert-OH is 2. The number of aliphatic hydroxyl groups is 2. The van der Waals surface area contributed by atoms with Crippen molar-refractivity contribution in [1.29, 1.82) is 0 Å². The molecule has 0 radical (unpaired) electrons. The van der Waals surface area contributed by atoms with Crippen LogP contribution in [0.3, 0.4) is 0 Å². The number of nitrogen functional groups attached to an aromatic ring is 1. The van der Waals surface area contributed by atoms with Crippen molar-refractivity contribution in [2.75, 3.05) is 12.3 Å². The average Bonchev–Trinajstić information content (AvgIpc) is 2.65. The lowest BCUT2D eigenvalue weighted by Crippen LogP contribution is -2.32. The lowest BCUT2D eigenvalue weighted by atomic mass is 9.97. The molecule has 1 aromatic heterocycles. The molecular formula is C11H17N3O4.